The first-order valence-corrected chi connectivity index (χ1v) is 15.3. The SMILES string of the molecule is CC1(c2ccc(Cl)cc2)Oc2cccc(C3CCN(Cc4nc5cc(-c6noc(=O)[nH]6)ncc5n4C[C@@H]4CCO4)CC3)c2O1. The van der Waals surface area contributed by atoms with Crippen LogP contribution in [0.5, 0.6) is 11.5 Å². The number of hydrogen-bond acceptors (Lipinski definition) is 9. The van der Waals surface area contributed by atoms with Crippen molar-refractivity contribution in [2.24, 2.45) is 0 Å². The van der Waals surface area contributed by atoms with Gasteiger partial charge < -0.3 is 18.8 Å². The molecular weight excluding hydrogens is 584 g/mol. The number of piperidine rings is 1. The lowest BCUT2D eigenvalue weighted by atomic mass is 9.88. The van der Waals surface area contributed by atoms with Gasteiger partial charge in [0.15, 0.2) is 11.5 Å². The molecule has 8 rings (SSSR count). The van der Waals surface area contributed by atoms with Gasteiger partial charge in [-0.3, -0.25) is 19.4 Å². The van der Waals surface area contributed by atoms with Gasteiger partial charge in [-0.05, 0) is 74.7 Å². The summed E-state index contributed by atoms with van der Waals surface area (Å²) in [6, 6.07) is 15.6. The first-order valence-electron chi connectivity index (χ1n) is 14.9. The van der Waals surface area contributed by atoms with E-state index in [9.17, 15) is 4.79 Å². The molecular formula is C32H31ClN6O5. The fourth-order valence-electron chi connectivity index (χ4n) is 6.44. The number of para-hydroxylation sites is 1. The van der Waals surface area contributed by atoms with E-state index in [1.54, 1.807) is 6.20 Å². The molecule has 0 spiro atoms. The van der Waals surface area contributed by atoms with Crippen LogP contribution in [0.4, 0.5) is 0 Å². The summed E-state index contributed by atoms with van der Waals surface area (Å²) in [5, 5.41) is 4.46. The largest absolute Gasteiger partial charge is 0.445 e. The van der Waals surface area contributed by atoms with Crippen LogP contribution in [-0.2, 0) is 23.6 Å². The number of aromatic amines is 1. The fourth-order valence-corrected chi connectivity index (χ4v) is 6.57. The molecule has 44 heavy (non-hydrogen) atoms. The lowest BCUT2D eigenvalue weighted by Gasteiger charge is -2.33. The van der Waals surface area contributed by atoms with Crippen LogP contribution in [0.3, 0.4) is 0 Å². The Bertz CT molecular complexity index is 1890. The van der Waals surface area contributed by atoms with Crippen molar-refractivity contribution in [3.05, 3.63) is 87.3 Å². The van der Waals surface area contributed by atoms with Crippen molar-refractivity contribution in [1.29, 1.82) is 0 Å². The number of ether oxygens (including phenoxy) is 3. The molecule has 0 radical (unpaired) electrons. The van der Waals surface area contributed by atoms with E-state index in [4.69, 9.17) is 30.8 Å². The van der Waals surface area contributed by atoms with Gasteiger partial charge in [0, 0.05) is 29.7 Å². The van der Waals surface area contributed by atoms with Crippen LogP contribution in [0, 0.1) is 0 Å². The van der Waals surface area contributed by atoms with E-state index < -0.39 is 11.5 Å². The predicted molar refractivity (Wildman–Crippen MR) is 162 cm³/mol. The van der Waals surface area contributed by atoms with Crippen molar-refractivity contribution in [3.63, 3.8) is 0 Å². The normalized spacial score (nSPS) is 22.0. The van der Waals surface area contributed by atoms with E-state index in [0.717, 1.165) is 79.4 Å². The molecule has 2 fully saturated rings. The van der Waals surface area contributed by atoms with E-state index >= 15 is 0 Å². The highest BCUT2D eigenvalue weighted by atomic mass is 35.5. The molecule has 0 aliphatic carbocycles. The topological polar surface area (TPSA) is 121 Å². The molecule has 5 aromatic rings. The molecule has 11 nitrogen and oxygen atoms in total. The summed E-state index contributed by atoms with van der Waals surface area (Å²) in [6.07, 6.45) is 4.97. The number of imidazole rings is 1. The van der Waals surface area contributed by atoms with Crippen LogP contribution in [0.1, 0.15) is 49.1 Å². The molecule has 1 unspecified atom stereocenters. The van der Waals surface area contributed by atoms with Crippen LogP contribution >= 0.6 is 11.6 Å². The summed E-state index contributed by atoms with van der Waals surface area (Å²) in [4.78, 5) is 26.0. The van der Waals surface area contributed by atoms with Crippen LogP contribution in [0.15, 0.2) is 64.0 Å². The summed E-state index contributed by atoms with van der Waals surface area (Å²) in [7, 11) is 0. The minimum atomic E-state index is -0.898. The minimum absolute atomic E-state index is 0.171. The Morgan fingerprint density at radius 1 is 1.09 bits per heavy atom. The van der Waals surface area contributed by atoms with Crippen LogP contribution in [-0.4, -0.2) is 55.4 Å². The number of halogens is 1. The lowest BCUT2D eigenvalue weighted by molar-refractivity contribution is -0.0685. The quantitative estimate of drug-likeness (QED) is 0.262. The lowest BCUT2D eigenvalue weighted by Crippen LogP contribution is -2.35. The maximum Gasteiger partial charge on any atom is 0.439 e. The van der Waals surface area contributed by atoms with E-state index in [2.05, 4.69) is 41.2 Å². The van der Waals surface area contributed by atoms with Gasteiger partial charge >= 0.3 is 5.76 Å². The van der Waals surface area contributed by atoms with E-state index in [-0.39, 0.29) is 11.9 Å². The third kappa shape index (κ3) is 4.94. The molecule has 0 amide bonds. The zero-order chi connectivity index (χ0) is 29.8. The monoisotopic (exact) mass is 614 g/mol. The predicted octanol–water partition coefficient (Wildman–Crippen LogP) is 5.24. The smallest absolute Gasteiger partial charge is 0.439 e. The fraction of sp³-hybridized carbons (Fsp3) is 0.375. The number of benzene rings is 2. The summed E-state index contributed by atoms with van der Waals surface area (Å²) in [5.74, 6) is 1.71. The van der Waals surface area contributed by atoms with Gasteiger partial charge in [0.2, 0.25) is 5.82 Å². The number of likely N-dealkylation sites (tertiary alicyclic amines) is 1. The summed E-state index contributed by atoms with van der Waals surface area (Å²) >= 11 is 6.12. The first kappa shape index (κ1) is 27.4. The highest BCUT2D eigenvalue weighted by molar-refractivity contribution is 6.30. The molecule has 12 heteroatoms. The molecule has 2 atom stereocenters. The van der Waals surface area contributed by atoms with E-state index in [1.807, 2.05) is 43.3 Å². The molecule has 3 aromatic heterocycles. The Balaban J connectivity index is 0.999. The van der Waals surface area contributed by atoms with Crippen molar-refractivity contribution >= 4 is 22.6 Å². The third-order valence-corrected chi connectivity index (χ3v) is 9.20. The van der Waals surface area contributed by atoms with Crippen molar-refractivity contribution in [2.45, 2.75) is 57.1 Å². The van der Waals surface area contributed by atoms with Crippen LogP contribution < -0.4 is 15.2 Å². The zero-order valence-corrected chi connectivity index (χ0v) is 24.9. The zero-order valence-electron chi connectivity index (χ0n) is 24.2. The molecule has 1 N–H and O–H groups in total. The first-order chi connectivity index (χ1) is 21.4. The second kappa shape index (κ2) is 10.8. The number of nitrogens with one attached hydrogen (secondary N) is 1. The Kier molecular flexibility index (Phi) is 6.69. The molecule has 0 bridgehead atoms. The van der Waals surface area contributed by atoms with E-state index in [1.165, 1.54) is 5.56 Å². The van der Waals surface area contributed by atoms with Crippen molar-refractivity contribution in [1.82, 2.24) is 29.6 Å². The van der Waals surface area contributed by atoms with Crippen LogP contribution in [0.25, 0.3) is 22.6 Å². The Labute approximate surface area is 257 Å². The van der Waals surface area contributed by atoms with Crippen molar-refractivity contribution in [2.75, 3.05) is 19.7 Å². The van der Waals surface area contributed by atoms with E-state index in [0.29, 0.717) is 23.2 Å². The number of hydrogen-bond donors (Lipinski definition) is 1. The minimum Gasteiger partial charge on any atom is -0.445 e. The second-order valence-corrected chi connectivity index (χ2v) is 12.2. The summed E-state index contributed by atoms with van der Waals surface area (Å²) in [6.45, 7) is 6.04. The van der Waals surface area contributed by atoms with Gasteiger partial charge in [-0.2, -0.15) is 0 Å². The average molecular weight is 615 g/mol. The average Bonchev–Trinajstić information content (AvgIpc) is 3.69. The summed E-state index contributed by atoms with van der Waals surface area (Å²) in [5.41, 5.74) is 4.35. The number of pyridine rings is 1. The summed E-state index contributed by atoms with van der Waals surface area (Å²) < 4.78 is 25.5. The Morgan fingerprint density at radius 2 is 1.91 bits per heavy atom. The molecule has 3 aliphatic rings. The highest BCUT2D eigenvalue weighted by Crippen LogP contribution is 2.49. The van der Waals surface area contributed by atoms with Crippen LogP contribution in [0.2, 0.25) is 5.02 Å². The second-order valence-electron chi connectivity index (χ2n) is 11.8. The maximum atomic E-state index is 11.5. The number of fused-ring (bicyclic) bond motifs is 2. The van der Waals surface area contributed by atoms with Gasteiger partial charge in [0.25, 0.3) is 5.79 Å². The number of rotatable bonds is 7. The number of aromatic nitrogens is 5. The van der Waals surface area contributed by atoms with Gasteiger partial charge in [-0.1, -0.05) is 28.9 Å². The number of H-pyrrole nitrogens is 1. The Morgan fingerprint density at radius 3 is 2.64 bits per heavy atom. The molecule has 6 heterocycles. The van der Waals surface area contributed by atoms with Crippen molar-refractivity contribution < 1.29 is 18.7 Å². The van der Waals surface area contributed by atoms with Gasteiger partial charge in [-0.25, -0.2) is 9.78 Å². The maximum absolute atomic E-state index is 11.5. The molecule has 2 aromatic carbocycles. The molecule has 2 saturated heterocycles. The van der Waals surface area contributed by atoms with Gasteiger partial charge in [0.1, 0.15) is 11.5 Å². The third-order valence-electron chi connectivity index (χ3n) is 8.95. The standard InChI is InChI=1S/C32H31ClN6O5/c1-32(20-5-7-21(33)8-6-20)42-27-4-2-3-23(29(27)43-32)19-9-12-38(13-10-19)18-28-35-24-15-25(30-36-31(40)44-37-30)34-16-26(24)39(28)17-22-11-14-41-22/h2-8,15-16,19,22H,9-14,17-18H2,1H3,(H,36,37,40)/t22-,32?/m0/s1. The molecule has 0 saturated carbocycles. The molecule has 3 aliphatic heterocycles. The van der Waals surface area contributed by atoms with Gasteiger partial charge in [-0.15, -0.1) is 0 Å². The Hall–Kier alpha value is -4.19. The van der Waals surface area contributed by atoms with Gasteiger partial charge in [0.05, 0.1) is 36.4 Å². The molecule has 226 valence electrons. The highest BCUT2D eigenvalue weighted by Gasteiger charge is 2.41. The van der Waals surface area contributed by atoms with Crippen molar-refractivity contribution in [3.8, 4) is 23.0 Å². The number of nitrogens with zero attached hydrogens (tertiary/aromatic N) is 5.